The molecule has 0 spiro atoms. The molecule has 7 rings (SSSR count). The summed E-state index contributed by atoms with van der Waals surface area (Å²) in [6.07, 6.45) is 0. The van der Waals surface area contributed by atoms with E-state index >= 15 is 0 Å². The van der Waals surface area contributed by atoms with E-state index in [4.69, 9.17) is 16.0 Å². The molecule has 0 radical (unpaired) electrons. The van der Waals surface area contributed by atoms with Gasteiger partial charge in [0.1, 0.15) is 5.58 Å². The number of carbonyl (C=O) groups is 1. The van der Waals surface area contributed by atoms with Crippen molar-refractivity contribution in [3.63, 3.8) is 0 Å². The first-order valence-electron chi connectivity index (χ1n) is 12.2. The Hall–Kier alpha value is -3.98. The van der Waals surface area contributed by atoms with Gasteiger partial charge in [0.25, 0.3) is 5.91 Å². The SMILES string of the molecule is O=C1c2oc3ccccc3c(=O)c2[C@H](c2ccc(Cl)cc2)N1c1nnc(SCc2cccc3ccccc23)s1. The predicted octanol–water partition coefficient (Wildman–Crippen LogP) is 7.49. The van der Waals surface area contributed by atoms with Gasteiger partial charge in [-0.25, -0.2) is 0 Å². The number of benzene rings is 4. The van der Waals surface area contributed by atoms with Gasteiger partial charge < -0.3 is 4.42 Å². The predicted molar refractivity (Wildman–Crippen MR) is 156 cm³/mol. The van der Waals surface area contributed by atoms with Gasteiger partial charge in [-0.15, -0.1) is 10.2 Å². The molecule has 0 saturated heterocycles. The summed E-state index contributed by atoms with van der Waals surface area (Å²) in [7, 11) is 0. The number of amides is 1. The molecule has 2 aromatic heterocycles. The summed E-state index contributed by atoms with van der Waals surface area (Å²) < 4.78 is 6.73. The molecule has 1 amide bonds. The Labute approximate surface area is 235 Å². The van der Waals surface area contributed by atoms with Gasteiger partial charge >= 0.3 is 0 Å². The molecule has 0 fully saturated rings. The Kier molecular flexibility index (Phi) is 5.96. The van der Waals surface area contributed by atoms with E-state index in [2.05, 4.69) is 40.5 Å². The lowest BCUT2D eigenvalue weighted by Gasteiger charge is -2.22. The first-order valence-corrected chi connectivity index (χ1v) is 14.3. The zero-order valence-electron chi connectivity index (χ0n) is 20.2. The van der Waals surface area contributed by atoms with Gasteiger partial charge in [0.05, 0.1) is 17.0 Å². The molecule has 39 heavy (non-hydrogen) atoms. The van der Waals surface area contributed by atoms with Gasteiger partial charge in [-0.3, -0.25) is 14.5 Å². The van der Waals surface area contributed by atoms with Crippen LogP contribution in [0.4, 0.5) is 5.13 Å². The lowest BCUT2D eigenvalue weighted by Crippen LogP contribution is -2.29. The molecule has 0 saturated carbocycles. The number of rotatable bonds is 5. The number of aromatic nitrogens is 2. The van der Waals surface area contributed by atoms with Crippen LogP contribution < -0.4 is 10.3 Å². The molecular formula is C30H18ClN3O3S2. The van der Waals surface area contributed by atoms with Crippen molar-refractivity contribution in [3.05, 3.63) is 129 Å². The molecular weight excluding hydrogens is 550 g/mol. The molecule has 0 N–H and O–H groups in total. The van der Waals surface area contributed by atoms with E-state index in [1.807, 2.05) is 24.3 Å². The van der Waals surface area contributed by atoms with Crippen molar-refractivity contribution in [3.8, 4) is 0 Å². The zero-order valence-corrected chi connectivity index (χ0v) is 22.6. The second-order valence-electron chi connectivity index (χ2n) is 9.08. The molecule has 1 aliphatic rings. The van der Waals surface area contributed by atoms with Crippen molar-refractivity contribution in [1.29, 1.82) is 0 Å². The maximum atomic E-state index is 13.8. The van der Waals surface area contributed by atoms with Crippen LogP contribution in [0.1, 0.15) is 33.3 Å². The number of carbonyl (C=O) groups excluding carboxylic acids is 1. The van der Waals surface area contributed by atoms with Gasteiger partial charge in [0.2, 0.25) is 10.9 Å². The number of fused-ring (bicyclic) bond motifs is 3. The average molecular weight is 568 g/mol. The molecule has 6 aromatic rings. The van der Waals surface area contributed by atoms with E-state index in [9.17, 15) is 9.59 Å². The van der Waals surface area contributed by atoms with Crippen LogP contribution >= 0.6 is 34.7 Å². The number of para-hydroxylation sites is 1. The molecule has 190 valence electrons. The average Bonchev–Trinajstić information content (AvgIpc) is 3.55. The third-order valence-electron chi connectivity index (χ3n) is 6.80. The number of anilines is 1. The van der Waals surface area contributed by atoms with Gasteiger partial charge in [-0.05, 0) is 46.2 Å². The molecule has 1 aliphatic heterocycles. The number of halogens is 1. The van der Waals surface area contributed by atoms with Crippen molar-refractivity contribution >= 4 is 67.5 Å². The fourth-order valence-electron chi connectivity index (χ4n) is 4.99. The molecule has 3 heterocycles. The van der Waals surface area contributed by atoms with Crippen molar-refractivity contribution < 1.29 is 9.21 Å². The fourth-order valence-corrected chi connectivity index (χ4v) is 6.99. The van der Waals surface area contributed by atoms with E-state index in [-0.39, 0.29) is 11.2 Å². The molecule has 0 bridgehead atoms. The van der Waals surface area contributed by atoms with Crippen molar-refractivity contribution in [2.24, 2.45) is 0 Å². The highest BCUT2D eigenvalue weighted by Gasteiger charge is 2.45. The summed E-state index contributed by atoms with van der Waals surface area (Å²) in [5.41, 5.74) is 2.35. The Bertz CT molecular complexity index is 1950. The Morgan fingerprint density at radius 2 is 1.62 bits per heavy atom. The summed E-state index contributed by atoms with van der Waals surface area (Å²) in [5, 5.41) is 12.5. The van der Waals surface area contributed by atoms with E-state index in [1.165, 1.54) is 32.6 Å². The standard InChI is InChI=1S/C30H18ClN3O3S2/c31-20-14-12-18(13-15-20)25-24-26(35)22-10-3-4-11-23(22)37-27(24)28(36)34(25)29-32-33-30(39-29)38-16-19-8-5-7-17-6-1-2-9-21(17)19/h1-15,25H,16H2/t25-/m0/s1. The summed E-state index contributed by atoms with van der Waals surface area (Å²) in [4.78, 5) is 29.0. The van der Waals surface area contributed by atoms with Crippen LogP contribution in [0.2, 0.25) is 5.02 Å². The monoisotopic (exact) mass is 567 g/mol. The molecule has 0 aliphatic carbocycles. The summed E-state index contributed by atoms with van der Waals surface area (Å²) in [6, 6.07) is 27.9. The van der Waals surface area contributed by atoms with Gasteiger partial charge in [0, 0.05) is 10.8 Å². The van der Waals surface area contributed by atoms with Gasteiger partial charge in [-0.1, -0.05) is 101 Å². The minimum Gasteiger partial charge on any atom is -0.450 e. The van der Waals surface area contributed by atoms with Gasteiger partial charge in [-0.2, -0.15) is 0 Å². The lowest BCUT2D eigenvalue weighted by atomic mass is 9.99. The molecule has 9 heteroatoms. The Morgan fingerprint density at radius 3 is 2.46 bits per heavy atom. The maximum absolute atomic E-state index is 13.8. The van der Waals surface area contributed by atoms with Crippen molar-refractivity contribution in [1.82, 2.24) is 10.2 Å². The van der Waals surface area contributed by atoms with Crippen LogP contribution in [0.3, 0.4) is 0 Å². The van der Waals surface area contributed by atoms with Crippen LogP contribution in [0.25, 0.3) is 21.7 Å². The minimum atomic E-state index is -0.713. The number of hydrogen-bond donors (Lipinski definition) is 0. The van der Waals surface area contributed by atoms with Crippen LogP contribution in [0.15, 0.2) is 105 Å². The topological polar surface area (TPSA) is 76.3 Å². The third kappa shape index (κ3) is 4.12. The Balaban J connectivity index is 1.28. The van der Waals surface area contributed by atoms with Gasteiger partial charge in [0.15, 0.2) is 9.77 Å². The number of hydrogen-bond acceptors (Lipinski definition) is 7. The molecule has 4 aromatic carbocycles. The fraction of sp³-hybridized carbons (Fsp3) is 0.0667. The highest BCUT2D eigenvalue weighted by molar-refractivity contribution is 8.00. The van der Waals surface area contributed by atoms with Crippen LogP contribution in [-0.2, 0) is 5.75 Å². The highest BCUT2D eigenvalue weighted by atomic mass is 35.5. The maximum Gasteiger partial charge on any atom is 0.297 e. The molecule has 1 atom stereocenters. The quantitative estimate of drug-likeness (QED) is 0.159. The van der Waals surface area contributed by atoms with E-state index in [0.29, 0.717) is 32.4 Å². The first-order chi connectivity index (χ1) is 19.1. The van der Waals surface area contributed by atoms with Crippen LogP contribution in [0, 0.1) is 0 Å². The summed E-state index contributed by atoms with van der Waals surface area (Å²) in [6.45, 7) is 0. The van der Waals surface area contributed by atoms with Crippen molar-refractivity contribution in [2.45, 2.75) is 16.1 Å². The van der Waals surface area contributed by atoms with Crippen LogP contribution in [-0.4, -0.2) is 16.1 Å². The third-order valence-corrected chi connectivity index (χ3v) is 9.15. The lowest BCUT2D eigenvalue weighted by molar-refractivity contribution is 0.0970. The Morgan fingerprint density at radius 1 is 0.872 bits per heavy atom. The summed E-state index contributed by atoms with van der Waals surface area (Å²) >= 11 is 9.03. The largest absolute Gasteiger partial charge is 0.450 e. The van der Waals surface area contributed by atoms with E-state index in [1.54, 1.807) is 48.2 Å². The summed E-state index contributed by atoms with van der Waals surface area (Å²) in [5.74, 6) is 0.310. The first kappa shape index (κ1) is 24.1. The van der Waals surface area contributed by atoms with Crippen molar-refractivity contribution in [2.75, 3.05) is 4.90 Å². The normalized spacial score (nSPS) is 14.8. The number of thioether (sulfide) groups is 1. The van der Waals surface area contributed by atoms with E-state index in [0.717, 1.165) is 9.90 Å². The zero-order chi connectivity index (χ0) is 26.5. The second-order valence-corrected chi connectivity index (χ2v) is 11.7. The smallest absolute Gasteiger partial charge is 0.297 e. The highest BCUT2D eigenvalue weighted by Crippen LogP contribution is 2.43. The van der Waals surface area contributed by atoms with E-state index < -0.39 is 11.9 Å². The molecule has 6 nitrogen and oxygen atoms in total. The minimum absolute atomic E-state index is 0.0267. The van der Waals surface area contributed by atoms with Crippen LogP contribution in [0.5, 0.6) is 0 Å². The molecule has 0 unspecified atom stereocenters. The number of nitrogens with zero attached hydrogens (tertiary/aromatic N) is 3. The second kappa shape index (κ2) is 9.64.